The van der Waals surface area contributed by atoms with Gasteiger partial charge in [-0.1, -0.05) is 32.0 Å². The highest BCUT2D eigenvalue weighted by Crippen LogP contribution is 2.34. The van der Waals surface area contributed by atoms with E-state index in [4.69, 9.17) is 15.2 Å². The summed E-state index contributed by atoms with van der Waals surface area (Å²) >= 11 is 0. The topological polar surface area (TPSA) is 44.5 Å². The fourth-order valence-electron chi connectivity index (χ4n) is 2.11. The highest BCUT2D eigenvalue weighted by molar-refractivity contribution is 5.87. The molecule has 2 aromatic carbocycles. The van der Waals surface area contributed by atoms with Crippen molar-refractivity contribution >= 4 is 10.8 Å². The summed E-state index contributed by atoms with van der Waals surface area (Å²) < 4.78 is 10.7. The monoisotopic (exact) mass is 259 g/mol. The first-order valence-electron chi connectivity index (χ1n) is 6.38. The lowest BCUT2D eigenvalue weighted by Gasteiger charge is -2.23. The maximum absolute atomic E-state index is 5.84. The Morgan fingerprint density at radius 1 is 0.947 bits per heavy atom. The molecule has 102 valence electrons. The third-order valence-corrected chi connectivity index (χ3v) is 3.63. The van der Waals surface area contributed by atoms with Gasteiger partial charge in [0.15, 0.2) is 11.5 Å². The molecule has 0 unspecified atom stereocenters. The van der Waals surface area contributed by atoms with Crippen LogP contribution in [0.2, 0.25) is 0 Å². The van der Waals surface area contributed by atoms with E-state index < -0.39 is 0 Å². The largest absolute Gasteiger partial charge is 0.493 e. The minimum Gasteiger partial charge on any atom is -0.493 e. The van der Waals surface area contributed by atoms with Crippen LogP contribution in [0.15, 0.2) is 30.3 Å². The quantitative estimate of drug-likeness (QED) is 0.917. The minimum absolute atomic E-state index is 0.0264. The van der Waals surface area contributed by atoms with Crippen LogP contribution < -0.4 is 15.2 Å². The van der Waals surface area contributed by atoms with Gasteiger partial charge in [0.2, 0.25) is 0 Å². The number of methoxy groups -OCH3 is 2. The minimum atomic E-state index is -0.0264. The van der Waals surface area contributed by atoms with Gasteiger partial charge in [0.1, 0.15) is 0 Å². The lowest BCUT2D eigenvalue weighted by atomic mass is 9.84. The van der Waals surface area contributed by atoms with Gasteiger partial charge in [-0.2, -0.15) is 0 Å². The van der Waals surface area contributed by atoms with Gasteiger partial charge in [-0.15, -0.1) is 0 Å². The molecule has 0 aliphatic rings. The number of rotatable bonds is 4. The van der Waals surface area contributed by atoms with Gasteiger partial charge in [0.05, 0.1) is 14.2 Å². The lowest BCUT2D eigenvalue weighted by molar-refractivity contribution is 0.356. The van der Waals surface area contributed by atoms with Crippen LogP contribution >= 0.6 is 0 Å². The molecule has 2 aromatic rings. The van der Waals surface area contributed by atoms with Crippen molar-refractivity contribution in [3.63, 3.8) is 0 Å². The van der Waals surface area contributed by atoms with Crippen molar-refractivity contribution in [3.05, 3.63) is 35.9 Å². The van der Waals surface area contributed by atoms with Gasteiger partial charge >= 0.3 is 0 Å². The summed E-state index contributed by atoms with van der Waals surface area (Å²) in [5.74, 6) is 1.50. The summed E-state index contributed by atoms with van der Waals surface area (Å²) in [4.78, 5) is 0. The maximum atomic E-state index is 5.84. The second kappa shape index (κ2) is 5.10. The molecule has 0 bridgehead atoms. The second-order valence-electron chi connectivity index (χ2n) is 5.36. The Kier molecular flexibility index (Phi) is 3.67. The van der Waals surface area contributed by atoms with Crippen molar-refractivity contribution in [2.24, 2.45) is 5.73 Å². The molecule has 2 N–H and O–H groups in total. The fraction of sp³-hybridized carbons (Fsp3) is 0.375. The Labute approximate surface area is 114 Å². The van der Waals surface area contributed by atoms with E-state index in [1.165, 1.54) is 5.56 Å². The summed E-state index contributed by atoms with van der Waals surface area (Å²) in [6.07, 6.45) is 0. The molecule has 0 radical (unpaired) electrons. The van der Waals surface area contributed by atoms with E-state index in [1.54, 1.807) is 14.2 Å². The van der Waals surface area contributed by atoms with Crippen molar-refractivity contribution < 1.29 is 9.47 Å². The molecular formula is C16H21NO2. The number of nitrogens with two attached hydrogens (primary N) is 1. The molecule has 0 aliphatic carbocycles. The highest BCUT2D eigenvalue weighted by atomic mass is 16.5. The summed E-state index contributed by atoms with van der Waals surface area (Å²) in [7, 11) is 3.30. The molecule has 0 spiro atoms. The van der Waals surface area contributed by atoms with E-state index in [9.17, 15) is 0 Å². The van der Waals surface area contributed by atoms with E-state index in [0.717, 1.165) is 22.3 Å². The molecule has 3 nitrogen and oxygen atoms in total. The molecule has 0 saturated carbocycles. The van der Waals surface area contributed by atoms with Crippen LogP contribution in [-0.2, 0) is 5.41 Å². The van der Waals surface area contributed by atoms with E-state index in [0.29, 0.717) is 6.54 Å². The zero-order valence-corrected chi connectivity index (χ0v) is 12.0. The molecule has 0 amide bonds. The fourth-order valence-corrected chi connectivity index (χ4v) is 2.11. The first-order chi connectivity index (χ1) is 9.01. The van der Waals surface area contributed by atoms with E-state index >= 15 is 0 Å². The molecule has 0 aliphatic heterocycles. The van der Waals surface area contributed by atoms with Crippen LogP contribution in [0.25, 0.3) is 10.8 Å². The Bertz CT molecular complexity index is 591. The Morgan fingerprint density at radius 2 is 1.53 bits per heavy atom. The molecule has 0 heterocycles. The van der Waals surface area contributed by atoms with E-state index in [-0.39, 0.29) is 5.41 Å². The normalized spacial score (nSPS) is 11.6. The second-order valence-corrected chi connectivity index (χ2v) is 5.36. The van der Waals surface area contributed by atoms with Crippen molar-refractivity contribution in [1.82, 2.24) is 0 Å². The first-order valence-corrected chi connectivity index (χ1v) is 6.38. The molecule has 0 fully saturated rings. The van der Waals surface area contributed by atoms with Gasteiger partial charge < -0.3 is 15.2 Å². The van der Waals surface area contributed by atoms with E-state index in [2.05, 4.69) is 32.0 Å². The summed E-state index contributed by atoms with van der Waals surface area (Å²) in [6, 6.07) is 10.4. The lowest BCUT2D eigenvalue weighted by Crippen LogP contribution is -2.27. The summed E-state index contributed by atoms with van der Waals surface area (Å²) in [5, 5.41) is 2.27. The number of hydrogen-bond acceptors (Lipinski definition) is 3. The highest BCUT2D eigenvalue weighted by Gasteiger charge is 2.19. The molecule has 0 saturated heterocycles. The van der Waals surface area contributed by atoms with Crippen LogP contribution in [0.3, 0.4) is 0 Å². The Morgan fingerprint density at radius 3 is 2.05 bits per heavy atom. The Hall–Kier alpha value is -1.74. The summed E-state index contributed by atoms with van der Waals surface area (Å²) in [6.45, 7) is 4.91. The standard InChI is InChI=1S/C16H21NO2/c1-16(2,10-17)13-6-5-11-8-14(18-3)15(19-4)9-12(11)7-13/h5-9H,10,17H2,1-4H3. The van der Waals surface area contributed by atoms with Gasteiger partial charge in [0, 0.05) is 12.0 Å². The van der Waals surface area contributed by atoms with Crippen molar-refractivity contribution in [1.29, 1.82) is 0 Å². The van der Waals surface area contributed by atoms with Crippen LogP contribution in [0.1, 0.15) is 19.4 Å². The van der Waals surface area contributed by atoms with Crippen LogP contribution in [0.5, 0.6) is 11.5 Å². The zero-order valence-electron chi connectivity index (χ0n) is 12.0. The number of ether oxygens (including phenoxy) is 2. The summed E-state index contributed by atoms with van der Waals surface area (Å²) in [5.41, 5.74) is 7.04. The van der Waals surface area contributed by atoms with Crippen molar-refractivity contribution in [3.8, 4) is 11.5 Å². The third kappa shape index (κ3) is 2.51. The molecule has 0 atom stereocenters. The number of fused-ring (bicyclic) bond motifs is 1. The van der Waals surface area contributed by atoms with Gasteiger partial charge in [-0.3, -0.25) is 0 Å². The average Bonchev–Trinajstić information content (AvgIpc) is 2.44. The van der Waals surface area contributed by atoms with E-state index in [1.807, 2.05) is 12.1 Å². The number of hydrogen-bond donors (Lipinski definition) is 1. The van der Waals surface area contributed by atoms with Crippen LogP contribution in [-0.4, -0.2) is 20.8 Å². The average molecular weight is 259 g/mol. The van der Waals surface area contributed by atoms with Gasteiger partial charge in [-0.05, 0) is 28.5 Å². The van der Waals surface area contributed by atoms with Crippen LogP contribution in [0, 0.1) is 0 Å². The molecule has 2 rings (SSSR count). The molecule has 19 heavy (non-hydrogen) atoms. The number of benzene rings is 2. The first kappa shape index (κ1) is 13.7. The third-order valence-electron chi connectivity index (χ3n) is 3.63. The van der Waals surface area contributed by atoms with Crippen molar-refractivity contribution in [2.45, 2.75) is 19.3 Å². The smallest absolute Gasteiger partial charge is 0.161 e. The molecule has 3 heteroatoms. The SMILES string of the molecule is COc1cc2ccc(C(C)(C)CN)cc2cc1OC. The van der Waals surface area contributed by atoms with Crippen molar-refractivity contribution in [2.75, 3.05) is 20.8 Å². The molecule has 0 aromatic heterocycles. The Balaban J connectivity index is 2.60. The van der Waals surface area contributed by atoms with Crippen LogP contribution in [0.4, 0.5) is 0 Å². The zero-order chi connectivity index (χ0) is 14.0. The predicted molar refractivity (Wildman–Crippen MR) is 79.1 cm³/mol. The van der Waals surface area contributed by atoms with Gasteiger partial charge in [-0.25, -0.2) is 0 Å². The predicted octanol–water partition coefficient (Wildman–Crippen LogP) is 3.09. The maximum Gasteiger partial charge on any atom is 0.161 e. The van der Waals surface area contributed by atoms with Gasteiger partial charge in [0.25, 0.3) is 0 Å². The molecular weight excluding hydrogens is 238 g/mol.